The minimum absolute atomic E-state index is 0.0467. The lowest BCUT2D eigenvalue weighted by atomic mass is 10.3. The SMILES string of the molecule is CC(NC(=O)C(C)SCC(=O)Nc1ccc(F)cc1)C(=O)NCc1ccco1. The lowest BCUT2D eigenvalue weighted by Crippen LogP contribution is -2.46. The number of rotatable bonds is 9. The molecular weight excluding hydrogens is 385 g/mol. The van der Waals surface area contributed by atoms with Crippen molar-refractivity contribution in [2.24, 2.45) is 0 Å². The van der Waals surface area contributed by atoms with Crippen molar-refractivity contribution < 1.29 is 23.2 Å². The van der Waals surface area contributed by atoms with Gasteiger partial charge in [0.1, 0.15) is 17.6 Å². The molecule has 0 saturated heterocycles. The maximum absolute atomic E-state index is 12.9. The molecule has 1 aromatic carbocycles. The van der Waals surface area contributed by atoms with Gasteiger partial charge >= 0.3 is 0 Å². The van der Waals surface area contributed by atoms with E-state index < -0.39 is 11.3 Å². The number of benzene rings is 1. The summed E-state index contributed by atoms with van der Waals surface area (Å²) in [6.45, 7) is 3.46. The number of carbonyl (C=O) groups is 3. The van der Waals surface area contributed by atoms with Crippen molar-refractivity contribution in [3.63, 3.8) is 0 Å². The van der Waals surface area contributed by atoms with Crippen LogP contribution in [0.4, 0.5) is 10.1 Å². The number of furan rings is 1. The second-order valence-electron chi connectivity index (χ2n) is 6.04. The van der Waals surface area contributed by atoms with Crippen molar-refractivity contribution in [3.05, 3.63) is 54.2 Å². The molecule has 0 aliphatic carbocycles. The van der Waals surface area contributed by atoms with Gasteiger partial charge in [-0.2, -0.15) is 0 Å². The number of hydrogen-bond donors (Lipinski definition) is 3. The van der Waals surface area contributed by atoms with Crippen LogP contribution in [0.1, 0.15) is 19.6 Å². The Hall–Kier alpha value is -2.81. The van der Waals surface area contributed by atoms with Gasteiger partial charge in [-0.3, -0.25) is 14.4 Å². The van der Waals surface area contributed by atoms with Crippen LogP contribution < -0.4 is 16.0 Å². The summed E-state index contributed by atoms with van der Waals surface area (Å²) in [5.74, 6) is -0.718. The average molecular weight is 407 g/mol. The smallest absolute Gasteiger partial charge is 0.242 e. The summed E-state index contributed by atoms with van der Waals surface area (Å²) in [7, 11) is 0. The molecule has 0 bridgehead atoms. The summed E-state index contributed by atoms with van der Waals surface area (Å²) in [4.78, 5) is 36.1. The lowest BCUT2D eigenvalue weighted by Gasteiger charge is -2.17. The number of anilines is 1. The van der Waals surface area contributed by atoms with E-state index in [1.54, 1.807) is 26.0 Å². The van der Waals surface area contributed by atoms with Gasteiger partial charge < -0.3 is 20.4 Å². The van der Waals surface area contributed by atoms with E-state index in [9.17, 15) is 18.8 Å². The minimum atomic E-state index is -0.724. The maximum atomic E-state index is 12.9. The quantitative estimate of drug-likeness (QED) is 0.592. The van der Waals surface area contributed by atoms with Crippen LogP contribution in [-0.4, -0.2) is 34.8 Å². The molecule has 0 aliphatic heterocycles. The lowest BCUT2D eigenvalue weighted by molar-refractivity contribution is -0.128. The van der Waals surface area contributed by atoms with Crippen molar-refractivity contribution in [1.29, 1.82) is 0 Å². The van der Waals surface area contributed by atoms with Gasteiger partial charge in [0.15, 0.2) is 0 Å². The van der Waals surface area contributed by atoms with Gasteiger partial charge in [0, 0.05) is 5.69 Å². The van der Waals surface area contributed by atoms with Gasteiger partial charge in [-0.15, -0.1) is 11.8 Å². The van der Waals surface area contributed by atoms with Gasteiger partial charge in [-0.05, 0) is 50.2 Å². The van der Waals surface area contributed by atoms with Gasteiger partial charge in [0.2, 0.25) is 17.7 Å². The van der Waals surface area contributed by atoms with Crippen molar-refractivity contribution in [3.8, 4) is 0 Å². The fourth-order valence-electron chi connectivity index (χ4n) is 2.14. The zero-order valence-electron chi connectivity index (χ0n) is 15.5. The van der Waals surface area contributed by atoms with E-state index in [0.29, 0.717) is 11.4 Å². The molecule has 9 heteroatoms. The summed E-state index contributed by atoms with van der Waals surface area (Å²) >= 11 is 1.14. The first-order valence-electron chi connectivity index (χ1n) is 8.62. The molecule has 0 spiro atoms. The summed E-state index contributed by atoms with van der Waals surface area (Å²) in [6.07, 6.45) is 1.51. The summed E-state index contributed by atoms with van der Waals surface area (Å²) < 4.78 is 18.0. The normalized spacial score (nSPS) is 12.7. The second kappa shape index (κ2) is 10.5. The van der Waals surface area contributed by atoms with Gasteiger partial charge in [-0.25, -0.2) is 4.39 Å². The number of halogens is 1. The van der Waals surface area contributed by atoms with E-state index in [1.807, 2.05) is 0 Å². The van der Waals surface area contributed by atoms with Crippen molar-refractivity contribution in [2.45, 2.75) is 31.7 Å². The fraction of sp³-hybridized carbons (Fsp3) is 0.316. The molecule has 2 rings (SSSR count). The van der Waals surface area contributed by atoms with E-state index in [0.717, 1.165) is 11.8 Å². The highest BCUT2D eigenvalue weighted by Crippen LogP contribution is 2.13. The molecule has 2 unspecified atom stereocenters. The Morgan fingerprint density at radius 3 is 2.46 bits per heavy atom. The summed E-state index contributed by atoms with van der Waals surface area (Å²) in [5.41, 5.74) is 0.478. The van der Waals surface area contributed by atoms with Gasteiger partial charge in [0.05, 0.1) is 23.8 Å². The first kappa shape index (κ1) is 21.5. The van der Waals surface area contributed by atoms with Crippen molar-refractivity contribution in [1.82, 2.24) is 10.6 Å². The van der Waals surface area contributed by atoms with Crippen LogP contribution in [0.25, 0.3) is 0 Å². The van der Waals surface area contributed by atoms with Crippen LogP contribution in [-0.2, 0) is 20.9 Å². The molecule has 150 valence electrons. The van der Waals surface area contributed by atoms with Gasteiger partial charge in [0.25, 0.3) is 0 Å². The van der Waals surface area contributed by atoms with E-state index in [1.165, 1.54) is 30.5 Å². The Bertz CT molecular complexity index is 796. The maximum Gasteiger partial charge on any atom is 0.242 e. The van der Waals surface area contributed by atoms with E-state index in [2.05, 4.69) is 16.0 Å². The highest BCUT2D eigenvalue weighted by Gasteiger charge is 2.20. The van der Waals surface area contributed by atoms with Crippen LogP contribution in [0.3, 0.4) is 0 Å². The third kappa shape index (κ3) is 7.07. The van der Waals surface area contributed by atoms with E-state index >= 15 is 0 Å². The van der Waals surface area contributed by atoms with Gasteiger partial charge in [-0.1, -0.05) is 0 Å². The molecule has 28 heavy (non-hydrogen) atoms. The summed E-state index contributed by atoms with van der Waals surface area (Å²) in [5, 5.41) is 7.37. The highest BCUT2D eigenvalue weighted by atomic mass is 32.2. The molecule has 0 radical (unpaired) electrons. The predicted molar refractivity (Wildman–Crippen MR) is 105 cm³/mol. The Labute approximate surface area is 166 Å². The first-order valence-corrected chi connectivity index (χ1v) is 9.67. The molecule has 0 fully saturated rings. The standard InChI is InChI=1S/C19H22FN3O4S/c1-12(18(25)21-10-16-4-3-9-27-16)22-19(26)13(2)28-11-17(24)23-15-7-5-14(20)6-8-15/h3-9,12-13H,10-11H2,1-2H3,(H,21,25)(H,22,26)(H,23,24). The van der Waals surface area contributed by atoms with Crippen LogP contribution in [0.15, 0.2) is 47.1 Å². The first-order chi connectivity index (χ1) is 13.3. The predicted octanol–water partition coefficient (Wildman–Crippen LogP) is 2.30. The molecule has 7 nitrogen and oxygen atoms in total. The molecule has 2 aromatic rings. The van der Waals surface area contributed by atoms with Crippen molar-refractivity contribution >= 4 is 35.2 Å². The van der Waals surface area contributed by atoms with Crippen LogP contribution in [0.2, 0.25) is 0 Å². The summed E-state index contributed by atoms with van der Waals surface area (Å²) in [6, 6.07) is 8.14. The molecule has 3 N–H and O–H groups in total. The third-order valence-electron chi connectivity index (χ3n) is 3.73. The number of thioether (sulfide) groups is 1. The molecule has 1 aromatic heterocycles. The topological polar surface area (TPSA) is 100 Å². The van der Waals surface area contributed by atoms with Crippen LogP contribution in [0.5, 0.6) is 0 Å². The molecule has 0 saturated carbocycles. The fourth-order valence-corrected chi connectivity index (χ4v) is 2.84. The highest BCUT2D eigenvalue weighted by molar-refractivity contribution is 8.01. The molecule has 1 heterocycles. The second-order valence-corrected chi connectivity index (χ2v) is 7.36. The number of amides is 3. The third-order valence-corrected chi connectivity index (χ3v) is 4.87. The molecule has 3 amide bonds. The molecular formula is C19H22FN3O4S. The molecule has 0 aliphatic rings. The average Bonchev–Trinajstić information content (AvgIpc) is 3.19. The van der Waals surface area contributed by atoms with Crippen LogP contribution in [0, 0.1) is 5.82 Å². The van der Waals surface area contributed by atoms with E-state index in [-0.39, 0.29) is 35.8 Å². The van der Waals surface area contributed by atoms with Crippen molar-refractivity contribution in [2.75, 3.05) is 11.1 Å². The Balaban J connectivity index is 1.69. The van der Waals surface area contributed by atoms with E-state index in [4.69, 9.17) is 4.42 Å². The Morgan fingerprint density at radius 1 is 1.11 bits per heavy atom. The monoisotopic (exact) mass is 407 g/mol. The Kier molecular flexibility index (Phi) is 8.06. The van der Waals surface area contributed by atoms with Crippen LogP contribution >= 0.6 is 11.8 Å². The number of hydrogen-bond acceptors (Lipinski definition) is 5. The molecule has 2 atom stereocenters. The zero-order valence-corrected chi connectivity index (χ0v) is 16.3. The Morgan fingerprint density at radius 2 is 1.82 bits per heavy atom. The zero-order chi connectivity index (χ0) is 20.5. The number of carbonyl (C=O) groups excluding carboxylic acids is 3. The minimum Gasteiger partial charge on any atom is -0.467 e. The number of nitrogens with one attached hydrogen (secondary N) is 3. The largest absolute Gasteiger partial charge is 0.467 e.